The van der Waals surface area contributed by atoms with Gasteiger partial charge in [-0.25, -0.2) is 0 Å². The van der Waals surface area contributed by atoms with E-state index >= 15 is 0 Å². The van der Waals surface area contributed by atoms with Crippen LogP contribution in [-0.4, -0.2) is 141 Å². The molecule has 4 aliphatic carbocycles. The van der Waals surface area contributed by atoms with E-state index in [2.05, 4.69) is 118 Å². The number of hydrogen-bond donors (Lipinski definition) is 9. The highest BCUT2D eigenvalue weighted by Crippen LogP contribution is 2.51. The summed E-state index contributed by atoms with van der Waals surface area (Å²) in [6.07, 6.45) is 20.2. The number of nitrogens with one attached hydrogen (secondary N) is 4. The molecular formula is C94H120Br2ClN5O14. The molecule has 626 valence electrons. The van der Waals surface area contributed by atoms with Gasteiger partial charge in [0.2, 0.25) is 0 Å². The first kappa shape index (κ1) is 88.9. The third-order valence-electron chi connectivity index (χ3n) is 25.8. The molecule has 4 saturated carbocycles. The minimum atomic E-state index is -0.661. The van der Waals surface area contributed by atoms with Crippen LogP contribution in [-0.2, 0) is 70.3 Å². The van der Waals surface area contributed by atoms with E-state index in [-0.39, 0.29) is 82.7 Å². The Hall–Kier alpha value is -7.92. The Morgan fingerprint density at radius 1 is 0.483 bits per heavy atom. The van der Waals surface area contributed by atoms with E-state index in [4.69, 9.17) is 30.5 Å². The number of carbonyl (C=O) groups excluding carboxylic acids is 5. The average molecular weight is 1740 g/mol. The smallest absolute Gasteiger partial charge is 0.258 e. The maximum absolute atomic E-state index is 12.8. The normalized spacial score (nSPS) is 25.4. The van der Waals surface area contributed by atoms with Crippen molar-refractivity contribution in [3.05, 3.63) is 193 Å². The first-order valence-corrected chi connectivity index (χ1v) is 43.9. The molecule has 0 aromatic heterocycles. The number of amides is 5. The van der Waals surface area contributed by atoms with Crippen molar-refractivity contribution < 1.29 is 68.5 Å². The molecule has 5 amide bonds. The van der Waals surface area contributed by atoms with Crippen molar-refractivity contribution in [3.63, 3.8) is 0 Å². The number of hydrogen-bond acceptors (Lipinski definition) is 14. The van der Waals surface area contributed by atoms with Gasteiger partial charge in [0, 0.05) is 53.9 Å². The van der Waals surface area contributed by atoms with E-state index in [0.717, 1.165) is 223 Å². The monoisotopic (exact) mass is 1740 g/mol. The quantitative estimate of drug-likeness (QED) is 0.0369. The summed E-state index contributed by atoms with van der Waals surface area (Å²) in [6, 6.07) is 21.9. The lowest BCUT2D eigenvalue weighted by Crippen LogP contribution is -2.50. The van der Waals surface area contributed by atoms with Crippen molar-refractivity contribution in [1.29, 1.82) is 0 Å². The molecule has 4 atom stereocenters. The Kier molecular flexibility index (Phi) is 28.5. The van der Waals surface area contributed by atoms with Crippen LogP contribution in [0.1, 0.15) is 247 Å². The topological polar surface area (TPSA) is 275 Å². The molecule has 22 heteroatoms. The third kappa shape index (κ3) is 17.6. The highest BCUT2D eigenvalue weighted by Gasteiger charge is 2.55. The molecule has 9 N–H and O–H groups in total. The second kappa shape index (κ2) is 37.2. The van der Waals surface area contributed by atoms with Gasteiger partial charge in [-0.3, -0.25) is 24.0 Å². The molecular weight excluding hydrogens is 1620 g/mol. The minimum Gasteiger partial charge on any atom is -0.509 e. The summed E-state index contributed by atoms with van der Waals surface area (Å²) >= 11 is 13.3. The molecule has 116 heavy (non-hydrogen) atoms. The lowest BCUT2D eigenvalue weighted by Gasteiger charge is -2.37. The predicted octanol–water partition coefficient (Wildman–Crippen LogP) is 19.2. The van der Waals surface area contributed by atoms with Crippen LogP contribution in [0.5, 0.6) is 5.75 Å². The number of aryl methyl sites for hydroxylation is 10. The van der Waals surface area contributed by atoms with Crippen LogP contribution in [0.4, 0.5) is 0 Å². The van der Waals surface area contributed by atoms with Gasteiger partial charge in [0.15, 0.2) is 0 Å². The molecule has 15 rings (SSSR count). The van der Waals surface area contributed by atoms with E-state index in [0.29, 0.717) is 69.4 Å². The summed E-state index contributed by atoms with van der Waals surface area (Å²) in [5.74, 6) is 1.23. The summed E-state index contributed by atoms with van der Waals surface area (Å²) in [7, 11) is 5.05. The Morgan fingerprint density at radius 3 is 1.46 bits per heavy atom. The van der Waals surface area contributed by atoms with Crippen molar-refractivity contribution in [2.24, 2.45) is 5.92 Å². The number of aliphatic hydroxyl groups excluding tert-OH is 5. The van der Waals surface area contributed by atoms with Crippen molar-refractivity contribution in [1.82, 2.24) is 26.2 Å². The van der Waals surface area contributed by atoms with Crippen LogP contribution in [0.25, 0.3) is 27.9 Å². The summed E-state index contributed by atoms with van der Waals surface area (Å²) in [5, 5.41) is 67.1. The standard InChI is InChI=1S/C22H31NO3.C20H27NO3.C19H24BrNO3.C17H21NO3.C16H17BrClNO2/c1-5-6-10-26-17-8-7-9-22(13-17)20(24)19(21(25)23-22)18-15(3)11-14(2)12-16(18)4;1-4-13-7-6-8-14(5-2)16(13)17-18(22)20(21-19(17)23)11-9-15(24-3)10-12-20;1-4-12-10-13(20)9-11(2)15(12)16-17(22)19(21-18(16)23)7-5-14(24-3)6-8-19;1-4-11-8-10(2)9-13(21-3)14(11)15-16(19)12-6-5-7-18(12)17(15)20;1-3-8-6-10(17)7-11(18)12(8)13-14(20)16(2,9-4-5-9)19-15(13)21/h11-12,17,24H,5-10,13H2,1-4H3,(H,23,25);6-8,15,22H,4-5,9-12H2,1-3H3,(H,21,23);9-10,14,22H,4-8H2,1-3H3,(H,21,23);8-9,12,19H,4-7H2,1-3H3;6-7,9,20H,3-5H2,1-2H3,(H,19,21)/t17-,22-;;;;/m1..../s1. The number of fused-ring (bicyclic) bond motifs is 1. The summed E-state index contributed by atoms with van der Waals surface area (Å²) < 4.78 is 24.2. The van der Waals surface area contributed by atoms with Gasteiger partial charge < -0.3 is 70.6 Å². The summed E-state index contributed by atoms with van der Waals surface area (Å²) in [6.45, 7) is 25.9. The first-order chi connectivity index (χ1) is 55.3. The Balaban J connectivity index is 0.000000143. The Morgan fingerprint density at radius 2 is 0.948 bits per heavy atom. The molecule has 3 spiro atoms. The molecule has 1 saturated heterocycles. The number of rotatable bonds is 18. The van der Waals surface area contributed by atoms with Crippen LogP contribution in [0, 0.1) is 40.5 Å². The minimum absolute atomic E-state index is 0.0631. The highest BCUT2D eigenvalue weighted by molar-refractivity contribution is 9.10. The van der Waals surface area contributed by atoms with Gasteiger partial charge in [-0.15, -0.1) is 0 Å². The Labute approximate surface area is 707 Å². The third-order valence-corrected chi connectivity index (χ3v) is 27.0. The van der Waals surface area contributed by atoms with Gasteiger partial charge >= 0.3 is 0 Å². The zero-order valence-electron chi connectivity index (χ0n) is 70.4. The van der Waals surface area contributed by atoms with Crippen LogP contribution in [0.3, 0.4) is 0 Å². The lowest BCUT2D eigenvalue weighted by atomic mass is 9.78. The van der Waals surface area contributed by atoms with Crippen LogP contribution in [0.2, 0.25) is 5.02 Å². The highest BCUT2D eigenvalue weighted by atomic mass is 79.9. The van der Waals surface area contributed by atoms with E-state index in [1.165, 1.54) is 5.56 Å². The fraction of sp³-hybridized carbons (Fsp3) is 0.521. The SMILES string of the molecule is CCCCO[C@@H]1CCC[C@]2(C1)NC(=O)C(c1c(C)cc(C)cc1C)=C2O.CCc1cc(Br)cc(C)c1C1=C(O)C2(CCC(OC)CC2)NC1=O.CCc1cc(Br)cc(Cl)c1C1=C(O)C(C)(C2CC2)NC1=O.CCc1cc(C)cc(OC)c1C1=C(O)C2CCCN2C1=O.CCc1cccc(CC)c1C1=C(O)C2(CCC(OC)CC2)NC1=O. The van der Waals surface area contributed by atoms with Gasteiger partial charge in [-0.2, -0.15) is 0 Å². The number of halogens is 3. The van der Waals surface area contributed by atoms with Crippen LogP contribution < -0.4 is 26.0 Å². The number of benzene rings is 5. The molecule has 2 unspecified atom stereocenters. The van der Waals surface area contributed by atoms with E-state index in [1.54, 1.807) is 32.3 Å². The molecule has 19 nitrogen and oxygen atoms in total. The Bertz CT molecular complexity index is 4720. The molecule has 5 aromatic rings. The number of ether oxygens (including phenoxy) is 4. The number of nitrogens with zero attached hydrogens (tertiary/aromatic N) is 1. The fourth-order valence-electron chi connectivity index (χ4n) is 19.4. The van der Waals surface area contributed by atoms with Crippen molar-refractivity contribution in [2.75, 3.05) is 34.5 Å². The molecule has 10 aliphatic rings. The lowest BCUT2D eigenvalue weighted by molar-refractivity contribution is -0.124. The van der Waals surface area contributed by atoms with Crippen LogP contribution in [0.15, 0.2) is 104 Å². The van der Waals surface area contributed by atoms with Crippen molar-refractivity contribution in [2.45, 2.75) is 277 Å². The zero-order chi connectivity index (χ0) is 84.2. The van der Waals surface area contributed by atoms with E-state index in [1.807, 2.05) is 78.8 Å². The second-order valence-corrected chi connectivity index (χ2v) is 35.6. The largest absolute Gasteiger partial charge is 0.509 e. The van der Waals surface area contributed by atoms with Gasteiger partial charge in [0.05, 0.1) is 81.0 Å². The summed E-state index contributed by atoms with van der Waals surface area (Å²) in [4.78, 5) is 65.3. The van der Waals surface area contributed by atoms with Crippen molar-refractivity contribution in [3.8, 4) is 5.75 Å². The molecule has 0 bridgehead atoms. The molecule has 0 radical (unpaired) electrons. The van der Waals surface area contributed by atoms with Gasteiger partial charge in [0.25, 0.3) is 29.5 Å². The van der Waals surface area contributed by atoms with Gasteiger partial charge in [-0.05, 0) is 279 Å². The predicted molar refractivity (Wildman–Crippen MR) is 466 cm³/mol. The number of methoxy groups -OCH3 is 3. The number of carbonyl (C=O) groups is 5. The van der Waals surface area contributed by atoms with E-state index < -0.39 is 22.2 Å². The fourth-order valence-corrected chi connectivity index (χ4v) is 21.0. The molecule has 5 aromatic carbocycles. The van der Waals surface area contributed by atoms with Gasteiger partial charge in [0.1, 0.15) is 40.1 Å². The second-order valence-electron chi connectivity index (χ2n) is 33.3. The zero-order valence-corrected chi connectivity index (χ0v) is 74.3. The molecule has 6 aliphatic heterocycles. The first-order valence-electron chi connectivity index (χ1n) is 41.9. The van der Waals surface area contributed by atoms with Crippen molar-refractivity contribution >= 4 is 101 Å². The van der Waals surface area contributed by atoms with Crippen LogP contribution >= 0.6 is 43.5 Å². The number of aliphatic hydroxyl groups is 5. The summed E-state index contributed by atoms with van der Waals surface area (Å²) in [5.41, 5.74) is 14.4. The average Bonchev–Trinajstić information content (AvgIpc) is 1.61. The van der Waals surface area contributed by atoms with Gasteiger partial charge in [-0.1, -0.05) is 133 Å². The molecule has 6 heterocycles. The number of unbranched alkanes of at least 4 members (excludes halogenated alkanes) is 1. The van der Waals surface area contributed by atoms with E-state index in [9.17, 15) is 49.5 Å². The maximum atomic E-state index is 12.8. The maximum Gasteiger partial charge on any atom is 0.258 e. The molecule has 5 fully saturated rings.